The van der Waals surface area contributed by atoms with E-state index in [2.05, 4.69) is 17.0 Å². The number of hydrazone groups is 1. The van der Waals surface area contributed by atoms with Gasteiger partial charge in [-0.3, -0.25) is 10.2 Å². The van der Waals surface area contributed by atoms with E-state index in [1.807, 2.05) is 47.2 Å². The Kier molecular flexibility index (Phi) is 5.69. The van der Waals surface area contributed by atoms with Gasteiger partial charge in [-0.15, -0.1) is 0 Å². The van der Waals surface area contributed by atoms with Crippen LogP contribution < -0.4 is 0 Å². The van der Waals surface area contributed by atoms with Crippen molar-refractivity contribution in [1.82, 2.24) is 9.58 Å². The molecule has 4 rings (SSSR count). The number of benzene rings is 1. The molecule has 8 heteroatoms. The average Bonchev–Trinajstić information content (AvgIpc) is 3.32. The lowest BCUT2D eigenvalue weighted by molar-refractivity contribution is -0.114. The van der Waals surface area contributed by atoms with Crippen LogP contribution in [0.25, 0.3) is 11.8 Å². The Bertz CT molecular complexity index is 1070. The highest BCUT2D eigenvalue weighted by Gasteiger charge is 2.35. The van der Waals surface area contributed by atoms with Gasteiger partial charge in [0, 0.05) is 22.6 Å². The molecule has 3 heterocycles. The molecular weight excluding hydrogens is 406 g/mol. The van der Waals surface area contributed by atoms with Crippen LogP contribution in [0.1, 0.15) is 38.3 Å². The molecule has 0 radical (unpaired) electrons. The smallest absolute Gasteiger partial charge is 0.283 e. The van der Waals surface area contributed by atoms with Gasteiger partial charge in [0.25, 0.3) is 5.91 Å². The monoisotopic (exact) mass is 425 g/mol. The highest BCUT2D eigenvalue weighted by Crippen LogP contribution is 2.30. The molecule has 1 aromatic carbocycles. The quantitative estimate of drug-likeness (QED) is 0.502. The van der Waals surface area contributed by atoms with Crippen molar-refractivity contribution in [3.8, 4) is 5.69 Å². The second kappa shape index (κ2) is 8.39. The van der Waals surface area contributed by atoms with Crippen LogP contribution in [0.4, 0.5) is 0 Å². The van der Waals surface area contributed by atoms with E-state index >= 15 is 0 Å². The molecule has 0 spiro atoms. The van der Waals surface area contributed by atoms with Crippen LogP contribution in [0, 0.1) is 5.41 Å². The molecule has 1 amide bonds. The molecule has 0 saturated heterocycles. The number of hydrogen-bond donors (Lipinski definition) is 1. The van der Waals surface area contributed by atoms with Crippen LogP contribution in [0.2, 0.25) is 5.02 Å². The van der Waals surface area contributed by atoms with Gasteiger partial charge in [-0.05, 0) is 61.0 Å². The van der Waals surface area contributed by atoms with Crippen molar-refractivity contribution < 1.29 is 4.79 Å². The normalized spacial score (nSPS) is 17.6. The van der Waals surface area contributed by atoms with Crippen LogP contribution in [0.5, 0.6) is 0 Å². The second-order valence-electron chi connectivity index (χ2n) is 6.75. The van der Waals surface area contributed by atoms with Gasteiger partial charge in [-0.2, -0.15) is 15.1 Å². The molecule has 2 aliphatic rings. The molecule has 0 atom stereocenters. The first-order valence-electron chi connectivity index (χ1n) is 9.49. The van der Waals surface area contributed by atoms with E-state index in [0.29, 0.717) is 10.2 Å². The van der Waals surface area contributed by atoms with Crippen LogP contribution in [-0.4, -0.2) is 31.5 Å². The third-order valence-electron chi connectivity index (χ3n) is 4.65. The lowest BCUT2D eigenvalue weighted by Gasteiger charge is -2.20. The van der Waals surface area contributed by atoms with Crippen LogP contribution >= 0.6 is 23.4 Å². The summed E-state index contributed by atoms with van der Waals surface area (Å²) in [7, 11) is 0. The van der Waals surface area contributed by atoms with Crippen LogP contribution in [-0.2, 0) is 4.79 Å². The first kappa shape index (κ1) is 19.7. The summed E-state index contributed by atoms with van der Waals surface area (Å²) in [5.74, 6) is -0.366. The number of amides is 1. The molecular formula is C21H20ClN5OS. The van der Waals surface area contributed by atoms with E-state index in [1.54, 1.807) is 6.08 Å². The van der Waals surface area contributed by atoms with E-state index in [4.69, 9.17) is 17.0 Å². The van der Waals surface area contributed by atoms with E-state index in [1.165, 1.54) is 16.8 Å². The standard InChI is InChI=1S/C21H20ClN5OS/c1-2-3-4-10-18-25-27-19(23)17(20(28)24-21(27)29-18)13-16-9-6-11-26(16)15-8-5-7-14(22)12-15/h5-9,11-13,23H,2-4,10H2,1H3/b17-13+,23-19?. The first-order chi connectivity index (χ1) is 14.1. The number of halogens is 1. The number of hydrogen-bond acceptors (Lipinski definition) is 4. The zero-order valence-electron chi connectivity index (χ0n) is 15.9. The number of carbonyl (C=O) groups excluding carboxylic acids is 1. The Balaban J connectivity index is 1.63. The number of amidine groups is 2. The number of unbranched alkanes of at least 4 members (excludes halogenated alkanes) is 2. The number of aliphatic imine (C=N–C) groups is 1. The molecule has 6 nitrogen and oxygen atoms in total. The average molecular weight is 426 g/mol. The molecule has 0 fully saturated rings. The summed E-state index contributed by atoms with van der Waals surface area (Å²) in [5, 5.41) is 16.5. The third kappa shape index (κ3) is 4.06. The molecule has 1 aromatic heterocycles. The van der Waals surface area contributed by atoms with Gasteiger partial charge < -0.3 is 4.57 Å². The minimum absolute atomic E-state index is 0.0526. The number of rotatable bonds is 6. The molecule has 0 unspecified atom stereocenters. The van der Waals surface area contributed by atoms with Crippen molar-refractivity contribution in [2.24, 2.45) is 10.1 Å². The van der Waals surface area contributed by atoms with Crippen LogP contribution in [0.3, 0.4) is 0 Å². The van der Waals surface area contributed by atoms with Crippen molar-refractivity contribution >= 4 is 51.4 Å². The predicted octanol–water partition coefficient (Wildman–Crippen LogP) is 5.33. The Hall–Kier alpha value is -2.64. The fourth-order valence-corrected chi connectivity index (χ4v) is 4.29. The van der Waals surface area contributed by atoms with Crippen molar-refractivity contribution in [3.05, 3.63) is 58.9 Å². The largest absolute Gasteiger partial charge is 0.317 e. The number of aromatic nitrogens is 1. The molecule has 29 heavy (non-hydrogen) atoms. The molecule has 2 aromatic rings. The highest BCUT2D eigenvalue weighted by atomic mass is 35.5. The maximum atomic E-state index is 12.6. The Morgan fingerprint density at radius 3 is 2.90 bits per heavy atom. The Morgan fingerprint density at radius 2 is 2.10 bits per heavy atom. The van der Waals surface area contributed by atoms with E-state index < -0.39 is 5.91 Å². The Morgan fingerprint density at radius 1 is 1.24 bits per heavy atom. The number of nitrogens with zero attached hydrogens (tertiary/aromatic N) is 4. The molecule has 1 N–H and O–H groups in total. The van der Waals surface area contributed by atoms with Gasteiger partial charge in [0.15, 0.2) is 5.84 Å². The minimum Gasteiger partial charge on any atom is -0.317 e. The lowest BCUT2D eigenvalue weighted by Crippen LogP contribution is -2.35. The summed E-state index contributed by atoms with van der Waals surface area (Å²) in [6.45, 7) is 2.15. The van der Waals surface area contributed by atoms with Gasteiger partial charge in [0.1, 0.15) is 5.04 Å². The van der Waals surface area contributed by atoms with Gasteiger partial charge >= 0.3 is 0 Å². The highest BCUT2D eigenvalue weighted by molar-refractivity contribution is 8.26. The summed E-state index contributed by atoms with van der Waals surface area (Å²) >= 11 is 7.50. The van der Waals surface area contributed by atoms with E-state index in [-0.39, 0.29) is 11.4 Å². The first-order valence-corrected chi connectivity index (χ1v) is 10.7. The van der Waals surface area contributed by atoms with Crippen molar-refractivity contribution in [2.45, 2.75) is 32.6 Å². The molecule has 0 bridgehead atoms. The van der Waals surface area contributed by atoms with Crippen molar-refractivity contribution in [1.29, 1.82) is 5.41 Å². The third-order valence-corrected chi connectivity index (χ3v) is 5.85. The molecule has 148 valence electrons. The number of thioether (sulfide) groups is 1. The summed E-state index contributed by atoms with van der Waals surface area (Å²) in [6.07, 6.45) is 7.72. The second-order valence-corrected chi connectivity index (χ2v) is 8.23. The lowest BCUT2D eigenvalue weighted by atomic mass is 10.1. The van der Waals surface area contributed by atoms with Crippen LogP contribution in [0.15, 0.2) is 58.3 Å². The maximum absolute atomic E-state index is 12.6. The van der Waals surface area contributed by atoms with Gasteiger partial charge in [-0.25, -0.2) is 0 Å². The number of nitrogens with one attached hydrogen (secondary N) is 1. The Labute approximate surface area is 178 Å². The maximum Gasteiger partial charge on any atom is 0.283 e. The van der Waals surface area contributed by atoms with Crippen molar-refractivity contribution in [2.75, 3.05) is 0 Å². The zero-order chi connectivity index (χ0) is 20.4. The predicted molar refractivity (Wildman–Crippen MR) is 120 cm³/mol. The minimum atomic E-state index is -0.419. The summed E-state index contributed by atoms with van der Waals surface area (Å²) in [6, 6.07) is 11.2. The zero-order valence-corrected chi connectivity index (χ0v) is 17.5. The fraction of sp³-hybridized carbons (Fsp3) is 0.238. The topological polar surface area (TPSA) is 73.8 Å². The number of fused-ring (bicyclic) bond motifs is 1. The van der Waals surface area contributed by atoms with E-state index in [0.717, 1.165) is 42.1 Å². The van der Waals surface area contributed by atoms with Gasteiger partial charge in [0.2, 0.25) is 5.17 Å². The summed E-state index contributed by atoms with van der Waals surface area (Å²) in [4.78, 5) is 16.8. The summed E-state index contributed by atoms with van der Waals surface area (Å²) in [5.41, 5.74) is 1.86. The number of carbonyl (C=O) groups is 1. The fourth-order valence-electron chi connectivity index (χ4n) is 3.18. The van der Waals surface area contributed by atoms with Gasteiger partial charge in [0.05, 0.1) is 5.57 Å². The summed E-state index contributed by atoms with van der Waals surface area (Å²) < 4.78 is 1.91. The molecule has 0 aliphatic carbocycles. The molecule has 2 aliphatic heterocycles. The SMILES string of the molecule is CCCCCC1=NN2C(=N)/C(=C\c3cccn3-c3cccc(Cl)c3)C(=O)N=C2S1. The van der Waals surface area contributed by atoms with E-state index in [9.17, 15) is 4.79 Å². The van der Waals surface area contributed by atoms with Crippen molar-refractivity contribution in [3.63, 3.8) is 0 Å². The van der Waals surface area contributed by atoms with Gasteiger partial charge in [-0.1, -0.05) is 37.4 Å². The molecule has 0 saturated carbocycles.